The van der Waals surface area contributed by atoms with Crippen molar-refractivity contribution in [2.24, 2.45) is 0 Å². The Morgan fingerprint density at radius 2 is 2.03 bits per heavy atom. The van der Waals surface area contributed by atoms with Gasteiger partial charge in [0.05, 0.1) is 17.9 Å². The van der Waals surface area contributed by atoms with E-state index in [1.54, 1.807) is 6.07 Å². The molecule has 0 saturated carbocycles. The predicted molar refractivity (Wildman–Crippen MR) is 110 cm³/mol. The van der Waals surface area contributed by atoms with Crippen molar-refractivity contribution < 1.29 is 28.7 Å². The molecular formula is C23H21N3O6. The van der Waals surface area contributed by atoms with Crippen LogP contribution >= 0.6 is 0 Å². The number of pyridine rings is 1. The summed E-state index contributed by atoms with van der Waals surface area (Å²) in [5, 5.41) is 2.31. The molecule has 0 unspecified atom stereocenters. The number of carbonyl (C=O) groups excluding carboxylic acids is 4. The summed E-state index contributed by atoms with van der Waals surface area (Å²) >= 11 is 0. The van der Waals surface area contributed by atoms with E-state index in [4.69, 9.17) is 9.47 Å². The number of hydrogen-bond acceptors (Lipinski definition) is 7. The number of carbonyl (C=O) groups is 4. The van der Waals surface area contributed by atoms with E-state index < -0.39 is 11.9 Å². The molecular weight excluding hydrogens is 414 g/mol. The second kappa shape index (κ2) is 7.74. The third-order valence-corrected chi connectivity index (χ3v) is 5.98. The van der Waals surface area contributed by atoms with Crippen LogP contribution in [0.3, 0.4) is 0 Å². The van der Waals surface area contributed by atoms with Gasteiger partial charge in [-0.2, -0.15) is 0 Å². The van der Waals surface area contributed by atoms with Crippen molar-refractivity contribution in [2.45, 2.75) is 44.9 Å². The summed E-state index contributed by atoms with van der Waals surface area (Å²) in [6, 6.07) is 8.47. The molecule has 164 valence electrons. The molecule has 1 N–H and O–H groups in total. The van der Waals surface area contributed by atoms with Gasteiger partial charge < -0.3 is 14.4 Å². The molecule has 0 bridgehead atoms. The minimum absolute atomic E-state index is 0.216. The summed E-state index contributed by atoms with van der Waals surface area (Å²) in [5.74, 6) is -0.877. The Morgan fingerprint density at radius 3 is 2.81 bits per heavy atom. The molecule has 3 aliphatic rings. The third-order valence-electron chi connectivity index (χ3n) is 5.98. The van der Waals surface area contributed by atoms with Gasteiger partial charge >= 0.3 is 5.97 Å². The van der Waals surface area contributed by atoms with Gasteiger partial charge in [0.1, 0.15) is 12.1 Å². The summed E-state index contributed by atoms with van der Waals surface area (Å²) in [6.07, 6.45) is 0.738. The molecule has 3 amide bonds. The molecule has 5 rings (SSSR count). The Morgan fingerprint density at radius 1 is 1.19 bits per heavy atom. The van der Waals surface area contributed by atoms with Gasteiger partial charge in [0.2, 0.25) is 17.7 Å². The number of imide groups is 1. The molecule has 1 aromatic heterocycles. The largest absolute Gasteiger partial charge is 0.477 e. The topological polar surface area (TPSA) is 115 Å². The molecule has 1 aromatic carbocycles. The second-order valence-electron chi connectivity index (χ2n) is 8.10. The summed E-state index contributed by atoms with van der Waals surface area (Å²) in [7, 11) is 0. The van der Waals surface area contributed by atoms with Gasteiger partial charge in [-0.3, -0.25) is 24.5 Å². The van der Waals surface area contributed by atoms with E-state index in [0.29, 0.717) is 43.1 Å². The first-order valence-electron chi connectivity index (χ1n) is 10.5. The van der Waals surface area contributed by atoms with Gasteiger partial charge in [0, 0.05) is 37.4 Å². The van der Waals surface area contributed by atoms with Crippen LogP contribution in [0.1, 0.15) is 53.8 Å². The molecule has 9 nitrogen and oxygen atoms in total. The van der Waals surface area contributed by atoms with Crippen molar-refractivity contribution >= 4 is 23.7 Å². The number of nitrogens with one attached hydrogen (secondary N) is 1. The lowest BCUT2D eigenvalue weighted by Gasteiger charge is -2.29. The lowest BCUT2D eigenvalue weighted by atomic mass is 10.0. The van der Waals surface area contributed by atoms with Crippen LogP contribution in [0.4, 0.5) is 0 Å². The van der Waals surface area contributed by atoms with Crippen LogP contribution in [0.15, 0.2) is 30.3 Å². The number of hydrogen-bond donors (Lipinski definition) is 1. The van der Waals surface area contributed by atoms with Crippen LogP contribution < -0.4 is 10.1 Å². The maximum atomic E-state index is 12.9. The van der Waals surface area contributed by atoms with E-state index in [-0.39, 0.29) is 30.3 Å². The summed E-state index contributed by atoms with van der Waals surface area (Å²) in [4.78, 5) is 54.0. The van der Waals surface area contributed by atoms with Crippen LogP contribution in [0.2, 0.25) is 0 Å². The fourth-order valence-electron chi connectivity index (χ4n) is 4.45. The number of amides is 3. The van der Waals surface area contributed by atoms with E-state index in [9.17, 15) is 19.2 Å². The third kappa shape index (κ3) is 3.49. The van der Waals surface area contributed by atoms with Crippen LogP contribution in [0.25, 0.3) is 11.3 Å². The van der Waals surface area contributed by atoms with Crippen molar-refractivity contribution in [2.75, 3.05) is 6.61 Å². The number of benzene rings is 1. The first-order valence-corrected chi connectivity index (χ1v) is 10.5. The molecule has 0 spiro atoms. The van der Waals surface area contributed by atoms with E-state index >= 15 is 0 Å². The van der Waals surface area contributed by atoms with Gasteiger partial charge in [0.25, 0.3) is 5.91 Å². The second-order valence-corrected chi connectivity index (χ2v) is 8.10. The van der Waals surface area contributed by atoms with Crippen LogP contribution in [-0.2, 0) is 25.7 Å². The number of rotatable bonds is 3. The predicted octanol–water partition coefficient (Wildman–Crippen LogP) is 1.90. The Kier molecular flexibility index (Phi) is 4.88. The fourth-order valence-corrected chi connectivity index (χ4v) is 4.45. The molecule has 9 heteroatoms. The maximum absolute atomic E-state index is 12.9. The minimum atomic E-state index is -0.649. The smallest absolute Gasteiger partial charge is 0.303 e. The molecule has 1 saturated heterocycles. The molecule has 3 aliphatic heterocycles. The fraction of sp³-hybridized carbons (Fsp3) is 0.348. The standard InChI is InChI=1S/C23H21N3O6/c1-12(27)32-19-8-9-31-22-16(19)4-5-17(24-22)13-2-3-15-14(10-13)11-26(23(15)30)18-6-7-20(28)25-21(18)29/h2-5,10,18-19H,6-9,11H2,1H3,(H,25,28,29)/t18-,19-/m0/s1. The van der Waals surface area contributed by atoms with Crippen molar-refractivity contribution in [1.82, 2.24) is 15.2 Å². The van der Waals surface area contributed by atoms with Gasteiger partial charge in [-0.05, 0) is 36.2 Å². The zero-order chi connectivity index (χ0) is 22.4. The van der Waals surface area contributed by atoms with Gasteiger partial charge in [-0.25, -0.2) is 4.98 Å². The molecule has 1 fully saturated rings. The summed E-state index contributed by atoms with van der Waals surface area (Å²) < 4.78 is 11.1. The number of nitrogens with zero attached hydrogens (tertiary/aromatic N) is 2. The monoisotopic (exact) mass is 435 g/mol. The SMILES string of the molecule is CC(=O)O[C@H]1CCOc2nc(-c3ccc4c(c3)CN([C@H]3CCC(=O)NC3=O)C4=O)ccc21. The molecule has 0 aliphatic carbocycles. The lowest BCUT2D eigenvalue weighted by molar-refractivity contribution is -0.148. The van der Waals surface area contributed by atoms with Crippen molar-refractivity contribution in [3.63, 3.8) is 0 Å². The number of piperidine rings is 1. The Labute approximate surface area is 183 Å². The zero-order valence-electron chi connectivity index (χ0n) is 17.4. The highest BCUT2D eigenvalue weighted by molar-refractivity contribution is 6.05. The minimum Gasteiger partial charge on any atom is -0.477 e. The molecule has 2 aromatic rings. The Balaban J connectivity index is 1.40. The molecule has 0 radical (unpaired) electrons. The maximum Gasteiger partial charge on any atom is 0.303 e. The summed E-state index contributed by atoms with van der Waals surface area (Å²) in [5.41, 5.74) is 3.55. The highest BCUT2D eigenvalue weighted by Crippen LogP contribution is 2.36. The molecule has 4 heterocycles. The first kappa shape index (κ1) is 20.2. The van der Waals surface area contributed by atoms with Crippen molar-refractivity contribution in [1.29, 1.82) is 0 Å². The first-order chi connectivity index (χ1) is 15.4. The average molecular weight is 435 g/mol. The van der Waals surface area contributed by atoms with Gasteiger partial charge in [0.15, 0.2) is 0 Å². The molecule has 2 atom stereocenters. The van der Waals surface area contributed by atoms with E-state index in [1.807, 2.05) is 24.3 Å². The Bertz CT molecular complexity index is 1160. The highest BCUT2D eigenvalue weighted by atomic mass is 16.6. The number of fused-ring (bicyclic) bond motifs is 2. The number of ether oxygens (including phenoxy) is 2. The van der Waals surface area contributed by atoms with Crippen LogP contribution in [0, 0.1) is 0 Å². The van der Waals surface area contributed by atoms with Crippen molar-refractivity contribution in [3.8, 4) is 17.1 Å². The van der Waals surface area contributed by atoms with E-state index in [2.05, 4.69) is 10.3 Å². The van der Waals surface area contributed by atoms with Crippen molar-refractivity contribution in [3.05, 3.63) is 47.0 Å². The Hall–Kier alpha value is -3.75. The normalized spacial score (nSPS) is 22.0. The molecule has 32 heavy (non-hydrogen) atoms. The van der Waals surface area contributed by atoms with E-state index in [1.165, 1.54) is 11.8 Å². The zero-order valence-corrected chi connectivity index (χ0v) is 17.4. The summed E-state index contributed by atoms with van der Waals surface area (Å²) in [6.45, 7) is 2.08. The van der Waals surface area contributed by atoms with Crippen LogP contribution in [-0.4, -0.2) is 46.2 Å². The number of esters is 1. The lowest BCUT2D eigenvalue weighted by Crippen LogP contribution is -2.52. The van der Waals surface area contributed by atoms with Gasteiger partial charge in [-0.1, -0.05) is 6.07 Å². The van der Waals surface area contributed by atoms with E-state index in [0.717, 1.165) is 16.7 Å². The average Bonchev–Trinajstić information content (AvgIpc) is 3.09. The number of aromatic nitrogens is 1. The van der Waals surface area contributed by atoms with Crippen LogP contribution in [0.5, 0.6) is 5.88 Å². The quantitative estimate of drug-likeness (QED) is 0.578. The highest BCUT2D eigenvalue weighted by Gasteiger charge is 2.39. The van der Waals surface area contributed by atoms with Gasteiger partial charge in [-0.15, -0.1) is 0 Å².